The molecule has 0 saturated carbocycles. The molecule has 0 saturated heterocycles. The maximum Gasteiger partial charge on any atom is 0.355 e. The van der Waals surface area contributed by atoms with Gasteiger partial charge in [-0.3, -0.25) is 0 Å². The van der Waals surface area contributed by atoms with Gasteiger partial charge in [0, 0.05) is 16.3 Å². The number of benzene rings is 1. The number of carbonyl (C=O) groups excluding carboxylic acids is 1. The van der Waals surface area contributed by atoms with Gasteiger partial charge in [-0.1, -0.05) is 12.1 Å². The quantitative estimate of drug-likeness (QED) is 0.665. The van der Waals surface area contributed by atoms with Crippen LogP contribution in [0.5, 0.6) is 0 Å². The number of esters is 1. The van der Waals surface area contributed by atoms with Crippen molar-refractivity contribution in [2.75, 3.05) is 5.73 Å². The summed E-state index contributed by atoms with van der Waals surface area (Å²) in [4.78, 5) is 12.0. The van der Waals surface area contributed by atoms with Gasteiger partial charge < -0.3 is 15.0 Å². The normalized spacial score (nSPS) is 10.4. The summed E-state index contributed by atoms with van der Waals surface area (Å²) >= 11 is 2.23. The molecule has 1 aromatic carbocycles. The van der Waals surface area contributed by atoms with Gasteiger partial charge in [0.15, 0.2) is 0 Å². The third kappa shape index (κ3) is 3.50. The van der Waals surface area contributed by atoms with Crippen molar-refractivity contribution >= 4 is 34.2 Å². The molecule has 2 aromatic rings. The highest BCUT2D eigenvalue weighted by Crippen LogP contribution is 2.13. The number of hydrogen-bond acceptors (Lipinski definition) is 3. The van der Waals surface area contributed by atoms with Gasteiger partial charge in [-0.05, 0) is 53.3 Å². The minimum Gasteiger partial charge on any atom is -0.456 e. The number of aryl methyl sites for hydroxylation is 1. The second-order valence-electron chi connectivity index (χ2n) is 4.15. The molecule has 5 heteroatoms. The maximum absolute atomic E-state index is 12.0. The Morgan fingerprint density at radius 2 is 2.05 bits per heavy atom. The van der Waals surface area contributed by atoms with E-state index in [1.807, 2.05) is 31.2 Å². The Kier molecular flexibility index (Phi) is 4.47. The van der Waals surface area contributed by atoms with Crippen molar-refractivity contribution in [2.24, 2.45) is 0 Å². The summed E-state index contributed by atoms with van der Waals surface area (Å²) < 4.78 is 8.23. The summed E-state index contributed by atoms with van der Waals surface area (Å²) in [6, 6.07) is 9.50. The molecule has 2 rings (SSSR count). The molecule has 1 heterocycles. The Bertz CT molecular complexity index is 576. The van der Waals surface area contributed by atoms with Gasteiger partial charge in [-0.25, -0.2) is 4.79 Å². The summed E-state index contributed by atoms with van der Waals surface area (Å²) in [5.41, 5.74) is 7.72. The van der Waals surface area contributed by atoms with E-state index in [4.69, 9.17) is 10.5 Å². The average molecular weight is 370 g/mol. The lowest BCUT2D eigenvalue weighted by molar-refractivity contribution is 0.0460. The second kappa shape index (κ2) is 6.10. The van der Waals surface area contributed by atoms with Crippen LogP contribution in [-0.2, 0) is 17.9 Å². The van der Waals surface area contributed by atoms with E-state index in [0.29, 0.717) is 17.9 Å². The van der Waals surface area contributed by atoms with Crippen LogP contribution >= 0.6 is 22.6 Å². The summed E-state index contributed by atoms with van der Waals surface area (Å²) in [7, 11) is 0. The molecule has 1 aromatic heterocycles. The second-order valence-corrected chi connectivity index (χ2v) is 5.39. The van der Waals surface area contributed by atoms with Crippen molar-refractivity contribution in [3.8, 4) is 0 Å². The van der Waals surface area contributed by atoms with E-state index < -0.39 is 0 Å². The van der Waals surface area contributed by atoms with Crippen LogP contribution in [0.1, 0.15) is 23.0 Å². The maximum atomic E-state index is 12.0. The Balaban J connectivity index is 2.03. The Morgan fingerprint density at radius 1 is 1.37 bits per heavy atom. The fraction of sp³-hybridized carbons (Fsp3) is 0.214. The van der Waals surface area contributed by atoms with Crippen LogP contribution in [-0.4, -0.2) is 10.5 Å². The zero-order chi connectivity index (χ0) is 13.8. The van der Waals surface area contributed by atoms with E-state index >= 15 is 0 Å². The van der Waals surface area contributed by atoms with Crippen molar-refractivity contribution < 1.29 is 9.53 Å². The monoisotopic (exact) mass is 370 g/mol. The lowest BCUT2D eigenvalue weighted by atomic mass is 10.2. The van der Waals surface area contributed by atoms with Crippen LogP contribution in [0.4, 0.5) is 5.69 Å². The number of nitrogens with two attached hydrogens (primary N) is 1. The number of hydrogen-bond donors (Lipinski definition) is 1. The molecule has 0 aliphatic carbocycles. The summed E-state index contributed by atoms with van der Waals surface area (Å²) in [6.45, 7) is 2.91. The molecule has 0 aliphatic rings. The predicted octanol–water partition coefficient (Wildman–Crippen LogP) is 3.05. The average Bonchev–Trinajstić information content (AvgIpc) is 2.79. The van der Waals surface area contributed by atoms with Crippen molar-refractivity contribution in [3.05, 3.63) is 51.4 Å². The molecule has 0 radical (unpaired) electrons. The molecule has 0 fully saturated rings. The Morgan fingerprint density at radius 3 is 2.68 bits per heavy atom. The molecule has 0 spiro atoms. The molecule has 100 valence electrons. The van der Waals surface area contributed by atoms with E-state index in [2.05, 4.69) is 22.6 Å². The first kappa shape index (κ1) is 13.9. The Labute approximate surface area is 125 Å². The number of anilines is 1. The molecule has 0 atom stereocenters. The van der Waals surface area contributed by atoms with E-state index in [9.17, 15) is 4.79 Å². The summed E-state index contributed by atoms with van der Waals surface area (Å²) in [5, 5.41) is 0. The highest BCUT2D eigenvalue weighted by atomic mass is 127. The largest absolute Gasteiger partial charge is 0.456 e. The zero-order valence-electron chi connectivity index (χ0n) is 10.6. The van der Waals surface area contributed by atoms with Crippen LogP contribution in [0.15, 0.2) is 36.5 Å². The van der Waals surface area contributed by atoms with Gasteiger partial charge in [0.2, 0.25) is 0 Å². The van der Waals surface area contributed by atoms with Gasteiger partial charge >= 0.3 is 5.97 Å². The third-order valence-corrected chi connectivity index (χ3v) is 3.47. The molecule has 0 bridgehead atoms. The van der Waals surface area contributed by atoms with Gasteiger partial charge in [-0.2, -0.15) is 0 Å². The van der Waals surface area contributed by atoms with Crippen LogP contribution in [0.3, 0.4) is 0 Å². The fourth-order valence-electron chi connectivity index (χ4n) is 1.77. The molecule has 0 amide bonds. The predicted molar refractivity (Wildman–Crippen MR) is 82.8 cm³/mol. The number of ether oxygens (including phenoxy) is 1. The van der Waals surface area contributed by atoms with Gasteiger partial charge in [0.25, 0.3) is 0 Å². The van der Waals surface area contributed by atoms with Crippen molar-refractivity contribution in [2.45, 2.75) is 20.1 Å². The Hall–Kier alpha value is -1.50. The van der Waals surface area contributed by atoms with Crippen LogP contribution in [0, 0.1) is 3.57 Å². The molecular weight excluding hydrogens is 355 g/mol. The molecular formula is C14H15IN2O2. The van der Waals surface area contributed by atoms with Crippen LogP contribution in [0.2, 0.25) is 0 Å². The fourth-order valence-corrected chi connectivity index (χ4v) is 2.13. The lowest BCUT2D eigenvalue weighted by Crippen LogP contribution is -2.11. The van der Waals surface area contributed by atoms with E-state index in [0.717, 1.165) is 9.13 Å². The van der Waals surface area contributed by atoms with Gasteiger partial charge in [0.05, 0.1) is 5.69 Å². The van der Waals surface area contributed by atoms with E-state index in [-0.39, 0.29) is 12.6 Å². The molecule has 0 unspecified atom stereocenters. The number of rotatable bonds is 4. The van der Waals surface area contributed by atoms with Crippen molar-refractivity contribution in [1.29, 1.82) is 0 Å². The van der Waals surface area contributed by atoms with Crippen LogP contribution < -0.4 is 5.73 Å². The first-order chi connectivity index (χ1) is 9.10. The lowest BCUT2D eigenvalue weighted by Gasteiger charge is -2.07. The highest BCUT2D eigenvalue weighted by Gasteiger charge is 2.13. The van der Waals surface area contributed by atoms with E-state index in [1.165, 1.54) is 0 Å². The van der Waals surface area contributed by atoms with E-state index in [1.54, 1.807) is 16.8 Å². The number of aromatic nitrogens is 1. The first-order valence-corrected chi connectivity index (χ1v) is 7.05. The minimum atomic E-state index is -0.350. The zero-order valence-corrected chi connectivity index (χ0v) is 12.8. The topological polar surface area (TPSA) is 57.2 Å². The first-order valence-electron chi connectivity index (χ1n) is 5.97. The van der Waals surface area contributed by atoms with Gasteiger partial charge in [-0.15, -0.1) is 0 Å². The molecule has 0 aliphatic heterocycles. The SMILES string of the molecule is CCn1cc(N)cc1C(=O)OCc1ccc(I)cc1. The molecule has 19 heavy (non-hydrogen) atoms. The van der Waals surface area contributed by atoms with Crippen molar-refractivity contribution in [1.82, 2.24) is 4.57 Å². The van der Waals surface area contributed by atoms with Crippen LogP contribution in [0.25, 0.3) is 0 Å². The molecule has 2 N–H and O–H groups in total. The number of halogens is 1. The number of carbonyl (C=O) groups is 1. The third-order valence-electron chi connectivity index (χ3n) is 2.75. The minimum absolute atomic E-state index is 0.268. The highest BCUT2D eigenvalue weighted by molar-refractivity contribution is 14.1. The van der Waals surface area contributed by atoms with Crippen molar-refractivity contribution in [3.63, 3.8) is 0 Å². The summed E-state index contributed by atoms with van der Waals surface area (Å²) in [6.07, 6.45) is 1.74. The summed E-state index contributed by atoms with van der Waals surface area (Å²) in [5.74, 6) is -0.350. The molecule has 4 nitrogen and oxygen atoms in total. The van der Waals surface area contributed by atoms with Gasteiger partial charge in [0.1, 0.15) is 12.3 Å². The number of nitrogens with zero attached hydrogens (tertiary/aromatic N) is 1. The standard InChI is InChI=1S/C14H15IN2O2/c1-2-17-8-12(16)7-13(17)14(18)19-9-10-3-5-11(15)6-4-10/h3-8H,2,9,16H2,1H3. The smallest absolute Gasteiger partial charge is 0.355 e. The number of nitrogen functional groups attached to an aromatic ring is 1.